The van der Waals surface area contributed by atoms with Gasteiger partial charge in [0.15, 0.2) is 6.61 Å². The highest BCUT2D eigenvalue weighted by Crippen LogP contribution is 2.21. The molecule has 0 unspecified atom stereocenters. The second-order valence-corrected chi connectivity index (χ2v) is 8.23. The van der Waals surface area contributed by atoms with Crippen LogP contribution < -0.4 is 0 Å². The molecule has 0 saturated carbocycles. The fraction of sp³-hybridized carbons (Fsp3) is 0.143. The number of hydrogen-bond acceptors (Lipinski definition) is 7. The van der Waals surface area contributed by atoms with Crippen molar-refractivity contribution in [3.8, 4) is 11.4 Å². The van der Waals surface area contributed by atoms with Crippen LogP contribution >= 0.6 is 0 Å². The number of rotatable bonds is 6. The summed E-state index contributed by atoms with van der Waals surface area (Å²) in [6.07, 6.45) is 1.23. The molecule has 0 atom stereocenters. The molecule has 0 fully saturated rings. The van der Waals surface area contributed by atoms with Gasteiger partial charge < -0.3 is 9.26 Å². The van der Waals surface area contributed by atoms with E-state index in [1.807, 2.05) is 36.4 Å². The van der Waals surface area contributed by atoms with Crippen LogP contribution in [0.1, 0.15) is 18.4 Å². The topological polar surface area (TPSA) is 115 Å². The second-order valence-electron chi connectivity index (χ2n) is 6.68. The van der Waals surface area contributed by atoms with Gasteiger partial charge in [-0.05, 0) is 12.5 Å². The van der Waals surface area contributed by atoms with Crippen molar-refractivity contribution in [3.05, 3.63) is 83.9 Å². The van der Waals surface area contributed by atoms with Crippen molar-refractivity contribution < 1.29 is 22.5 Å². The number of aromatic nitrogens is 2. The zero-order valence-corrected chi connectivity index (χ0v) is 17.3. The van der Waals surface area contributed by atoms with Crippen LogP contribution in [0.5, 0.6) is 0 Å². The molecule has 9 nitrogen and oxygen atoms in total. The number of carbonyl (C=O) groups excluding carboxylic acids is 1. The summed E-state index contributed by atoms with van der Waals surface area (Å²) in [5.74, 6) is -0.248. The van der Waals surface area contributed by atoms with Gasteiger partial charge in [-0.2, -0.15) is 13.4 Å². The molecular formula is C21H18N4O5S. The van der Waals surface area contributed by atoms with Crippen LogP contribution in [0.15, 0.2) is 81.4 Å². The molecule has 10 heteroatoms. The van der Waals surface area contributed by atoms with Crippen LogP contribution in [0.2, 0.25) is 0 Å². The van der Waals surface area contributed by atoms with Crippen molar-refractivity contribution in [2.45, 2.75) is 20.1 Å². The van der Waals surface area contributed by atoms with Gasteiger partial charge in [0.25, 0.3) is 5.89 Å². The zero-order valence-electron chi connectivity index (χ0n) is 16.5. The van der Waals surface area contributed by atoms with Crippen LogP contribution in [0.4, 0.5) is 0 Å². The molecule has 2 heterocycles. The molecule has 1 aliphatic heterocycles. The molecule has 2 aromatic carbocycles. The summed E-state index contributed by atoms with van der Waals surface area (Å²) in [5.41, 5.74) is 1.60. The lowest BCUT2D eigenvalue weighted by Crippen LogP contribution is -2.31. The van der Waals surface area contributed by atoms with Gasteiger partial charge in [-0.1, -0.05) is 65.8 Å². The molecule has 4 rings (SSSR count). The fourth-order valence-corrected chi connectivity index (χ4v) is 3.99. The van der Waals surface area contributed by atoms with Crippen LogP contribution in [0.25, 0.3) is 11.4 Å². The van der Waals surface area contributed by atoms with Crippen LogP contribution in [-0.4, -0.2) is 34.5 Å². The van der Waals surface area contributed by atoms with Gasteiger partial charge in [0.2, 0.25) is 5.82 Å². The highest BCUT2D eigenvalue weighted by molar-refractivity contribution is 7.88. The summed E-state index contributed by atoms with van der Waals surface area (Å²) < 4.78 is 39.8. The number of hydrogen-bond donors (Lipinski definition) is 0. The van der Waals surface area contributed by atoms with Gasteiger partial charge in [0.1, 0.15) is 0 Å². The van der Waals surface area contributed by atoms with Crippen molar-refractivity contribution in [1.82, 2.24) is 14.4 Å². The molecule has 0 aliphatic carbocycles. The Bertz CT molecular complexity index is 1250. The normalized spacial score (nSPS) is 15.2. The highest BCUT2D eigenvalue weighted by Gasteiger charge is 2.29. The van der Waals surface area contributed by atoms with Gasteiger partial charge in [-0.15, -0.1) is 4.40 Å². The predicted molar refractivity (Wildman–Crippen MR) is 112 cm³/mol. The van der Waals surface area contributed by atoms with Gasteiger partial charge in [0.05, 0.1) is 17.8 Å². The number of carbonyl (C=O) groups is 1. The van der Waals surface area contributed by atoms with Crippen molar-refractivity contribution in [3.63, 3.8) is 0 Å². The Hall–Kier alpha value is -3.79. The predicted octanol–water partition coefficient (Wildman–Crippen LogP) is 2.89. The summed E-state index contributed by atoms with van der Waals surface area (Å²) >= 11 is 0. The molecule has 3 aromatic rings. The third-order valence-corrected chi connectivity index (χ3v) is 5.77. The van der Waals surface area contributed by atoms with Gasteiger partial charge >= 0.3 is 16.2 Å². The minimum absolute atomic E-state index is 0.0357. The molecule has 0 saturated heterocycles. The molecule has 0 bridgehead atoms. The molecule has 1 aliphatic rings. The van der Waals surface area contributed by atoms with Crippen molar-refractivity contribution in [2.75, 3.05) is 0 Å². The average Bonchev–Trinajstić information content (AvgIpc) is 3.24. The summed E-state index contributed by atoms with van der Waals surface area (Å²) in [4.78, 5) is 16.8. The minimum Gasteiger partial charge on any atom is -0.452 e. The number of ether oxygens (including phenoxy) is 1. The van der Waals surface area contributed by atoms with Gasteiger partial charge in [-0.25, -0.2) is 4.79 Å². The van der Waals surface area contributed by atoms with Crippen molar-refractivity contribution in [2.24, 2.45) is 4.40 Å². The molecular weight excluding hydrogens is 420 g/mol. The standard InChI is InChI=1S/C21H18N4O5S/c1-15-18(13-25(31(27,28)24-15)12-16-8-4-2-5-9-16)21(26)29-14-19-22-20(23-30-19)17-10-6-3-7-11-17/h2-11,13H,12,14H2,1H3. The third-order valence-electron chi connectivity index (χ3n) is 4.44. The fourth-order valence-electron chi connectivity index (χ4n) is 2.89. The van der Waals surface area contributed by atoms with E-state index in [0.29, 0.717) is 5.82 Å². The quantitative estimate of drug-likeness (QED) is 0.544. The third kappa shape index (κ3) is 4.69. The smallest absolute Gasteiger partial charge is 0.344 e. The second kappa shape index (κ2) is 8.52. The first kappa shape index (κ1) is 20.5. The van der Waals surface area contributed by atoms with E-state index in [0.717, 1.165) is 15.4 Å². The first-order valence-corrected chi connectivity index (χ1v) is 10.7. The molecule has 158 valence electrons. The van der Waals surface area contributed by atoms with Crippen molar-refractivity contribution >= 4 is 21.9 Å². The Balaban J connectivity index is 1.47. The zero-order chi connectivity index (χ0) is 21.8. The molecule has 0 radical (unpaired) electrons. The Labute approximate surface area is 178 Å². The van der Waals surface area contributed by atoms with Crippen LogP contribution in [-0.2, 0) is 32.9 Å². The van der Waals surface area contributed by atoms with E-state index in [-0.39, 0.29) is 30.3 Å². The molecule has 0 N–H and O–H groups in total. The number of esters is 1. The lowest BCUT2D eigenvalue weighted by molar-refractivity contribution is -0.140. The Morgan fingerprint density at radius 2 is 1.74 bits per heavy atom. The monoisotopic (exact) mass is 438 g/mol. The van der Waals surface area contributed by atoms with E-state index in [1.165, 1.54) is 13.1 Å². The van der Waals surface area contributed by atoms with Gasteiger partial charge in [-0.3, -0.25) is 4.31 Å². The van der Waals surface area contributed by atoms with E-state index in [2.05, 4.69) is 14.5 Å². The Morgan fingerprint density at radius 1 is 1.06 bits per heavy atom. The SMILES string of the molecule is CC1=NS(=O)(=O)N(Cc2ccccc2)C=C1C(=O)OCc1nc(-c2ccccc2)no1. The van der Waals surface area contributed by atoms with Crippen LogP contribution in [0.3, 0.4) is 0 Å². The largest absolute Gasteiger partial charge is 0.452 e. The van der Waals surface area contributed by atoms with E-state index in [9.17, 15) is 13.2 Å². The van der Waals surface area contributed by atoms with E-state index >= 15 is 0 Å². The summed E-state index contributed by atoms with van der Waals surface area (Å²) in [7, 11) is -3.94. The maximum atomic E-state index is 12.6. The molecule has 31 heavy (non-hydrogen) atoms. The maximum absolute atomic E-state index is 12.6. The maximum Gasteiger partial charge on any atom is 0.344 e. The number of nitrogens with zero attached hydrogens (tertiary/aromatic N) is 4. The average molecular weight is 438 g/mol. The molecule has 0 spiro atoms. The Morgan fingerprint density at radius 3 is 2.45 bits per heavy atom. The molecule has 0 amide bonds. The lowest BCUT2D eigenvalue weighted by Gasteiger charge is -2.23. The van der Waals surface area contributed by atoms with E-state index < -0.39 is 16.2 Å². The first-order chi connectivity index (χ1) is 14.9. The first-order valence-electron chi connectivity index (χ1n) is 9.32. The van der Waals surface area contributed by atoms with Gasteiger partial charge in [0, 0.05) is 11.8 Å². The highest BCUT2D eigenvalue weighted by atomic mass is 32.2. The molecule has 1 aromatic heterocycles. The summed E-state index contributed by atoms with van der Waals surface area (Å²) in [6.45, 7) is 1.22. The summed E-state index contributed by atoms with van der Waals surface area (Å²) in [5, 5.41) is 3.87. The number of benzene rings is 2. The Kier molecular flexibility index (Phi) is 5.63. The van der Waals surface area contributed by atoms with E-state index in [1.54, 1.807) is 24.3 Å². The summed E-state index contributed by atoms with van der Waals surface area (Å²) in [6, 6.07) is 18.2. The van der Waals surface area contributed by atoms with Crippen LogP contribution in [0, 0.1) is 0 Å². The lowest BCUT2D eigenvalue weighted by atomic mass is 10.2. The minimum atomic E-state index is -3.94. The van der Waals surface area contributed by atoms with E-state index in [4.69, 9.17) is 9.26 Å². The van der Waals surface area contributed by atoms with Crippen molar-refractivity contribution in [1.29, 1.82) is 0 Å².